The molecule has 0 atom stereocenters. The molecule has 0 heterocycles. The van der Waals surface area contributed by atoms with Crippen LogP contribution >= 0.6 is 0 Å². The van der Waals surface area contributed by atoms with Gasteiger partial charge in [-0.1, -0.05) is 18.2 Å². The predicted octanol–water partition coefficient (Wildman–Crippen LogP) is 1.42. The van der Waals surface area contributed by atoms with E-state index in [1.54, 1.807) is 18.2 Å². The molecule has 2 aromatic rings. The summed E-state index contributed by atoms with van der Waals surface area (Å²) in [5.74, 6) is -0.747. The molecule has 0 fully saturated rings. The second kappa shape index (κ2) is 6.35. The quantitative estimate of drug-likeness (QED) is 0.438. The van der Waals surface area contributed by atoms with E-state index in [1.165, 1.54) is 37.6 Å². The van der Waals surface area contributed by atoms with Gasteiger partial charge in [-0.25, -0.2) is 4.83 Å². The van der Waals surface area contributed by atoms with Crippen LogP contribution in [0.2, 0.25) is 0 Å². The summed E-state index contributed by atoms with van der Waals surface area (Å²) >= 11 is 0. The molecule has 0 aliphatic rings. The van der Waals surface area contributed by atoms with Crippen LogP contribution in [0, 0.1) is 0 Å². The summed E-state index contributed by atoms with van der Waals surface area (Å²) in [6, 6.07) is 10.4. The number of hydrogen-bond acceptors (Lipinski definition) is 6. The van der Waals surface area contributed by atoms with Gasteiger partial charge in [-0.2, -0.15) is 13.5 Å². The van der Waals surface area contributed by atoms with Crippen LogP contribution in [-0.4, -0.2) is 32.0 Å². The number of ether oxygens (including phenoxy) is 1. The van der Waals surface area contributed by atoms with Gasteiger partial charge in [0.25, 0.3) is 10.0 Å². The van der Waals surface area contributed by atoms with Crippen molar-refractivity contribution in [1.29, 1.82) is 0 Å². The lowest BCUT2D eigenvalue weighted by atomic mass is 10.2. The lowest BCUT2D eigenvalue weighted by Gasteiger charge is -2.06. The van der Waals surface area contributed by atoms with Crippen molar-refractivity contribution in [2.45, 2.75) is 4.90 Å². The Labute approximate surface area is 127 Å². The Bertz CT molecular complexity index is 788. The van der Waals surface area contributed by atoms with Gasteiger partial charge in [0.1, 0.15) is 0 Å². The summed E-state index contributed by atoms with van der Waals surface area (Å²) in [5.41, 5.74) is 0.350. The number of nitrogens with one attached hydrogen (secondary N) is 1. The molecule has 0 saturated carbocycles. The molecule has 2 aromatic carbocycles. The van der Waals surface area contributed by atoms with E-state index in [1.807, 2.05) is 0 Å². The highest BCUT2D eigenvalue weighted by molar-refractivity contribution is 7.89. The number of rotatable bonds is 5. The van der Waals surface area contributed by atoms with Crippen LogP contribution in [0.4, 0.5) is 0 Å². The maximum Gasteiger partial charge on any atom is 0.276 e. The SMILES string of the molecule is COc1cc(/C=N/NS(=O)(=O)c2ccccc2)cc(O)c1O. The summed E-state index contributed by atoms with van der Waals surface area (Å²) in [4.78, 5) is 2.13. The van der Waals surface area contributed by atoms with E-state index in [0.717, 1.165) is 0 Å². The Hall–Kier alpha value is -2.74. The molecular formula is C14H14N2O5S. The average molecular weight is 322 g/mol. The molecule has 0 aromatic heterocycles. The van der Waals surface area contributed by atoms with Crippen molar-refractivity contribution in [1.82, 2.24) is 4.83 Å². The zero-order chi connectivity index (χ0) is 16.2. The molecule has 0 saturated heterocycles. The third kappa shape index (κ3) is 3.47. The fourth-order valence-electron chi connectivity index (χ4n) is 1.67. The number of aromatic hydroxyl groups is 2. The number of nitrogens with zero attached hydrogens (tertiary/aromatic N) is 1. The first-order valence-corrected chi connectivity index (χ1v) is 7.62. The van der Waals surface area contributed by atoms with Crippen molar-refractivity contribution in [2.24, 2.45) is 5.10 Å². The van der Waals surface area contributed by atoms with Gasteiger partial charge >= 0.3 is 0 Å². The molecule has 0 spiro atoms. The molecule has 0 aliphatic carbocycles. The van der Waals surface area contributed by atoms with Crippen LogP contribution in [0.1, 0.15) is 5.56 Å². The van der Waals surface area contributed by atoms with E-state index < -0.39 is 21.5 Å². The zero-order valence-electron chi connectivity index (χ0n) is 11.6. The fraction of sp³-hybridized carbons (Fsp3) is 0.0714. The third-order valence-electron chi connectivity index (χ3n) is 2.74. The maximum atomic E-state index is 11.9. The van der Waals surface area contributed by atoms with Crippen LogP contribution < -0.4 is 9.57 Å². The third-order valence-corrected chi connectivity index (χ3v) is 3.98. The molecule has 116 valence electrons. The van der Waals surface area contributed by atoms with Crippen molar-refractivity contribution < 1.29 is 23.4 Å². The molecule has 0 aliphatic heterocycles. The number of hydrazone groups is 1. The lowest BCUT2D eigenvalue weighted by Crippen LogP contribution is -2.18. The van der Waals surface area contributed by atoms with Gasteiger partial charge < -0.3 is 14.9 Å². The first kappa shape index (κ1) is 15.6. The molecule has 22 heavy (non-hydrogen) atoms. The Balaban J connectivity index is 2.18. The van der Waals surface area contributed by atoms with Crippen LogP contribution in [-0.2, 0) is 10.0 Å². The van der Waals surface area contributed by atoms with E-state index in [-0.39, 0.29) is 10.6 Å². The minimum atomic E-state index is -3.76. The predicted molar refractivity (Wildman–Crippen MR) is 80.7 cm³/mol. The van der Waals surface area contributed by atoms with Gasteiger partial charge in [0.15, 0.2) is 11.5 Å². The largest absolute Gasteiger partial charge is 0.504 e. The molecule has 3 N–H and O–H groups in total. The smallest absolute Gasteiger partial charge is 0.276 e. The Morgan fingerprint density at radius 2 is 1.86 bits per heavy atom. The monoisotopic (exact) mass is 322 g/mol. The van der Waals surface area contributed by atoms with E-state index in [4.69, 9.17) is 4.74 Å². The summed E-state index contributed by atoms with van der Waals surface area (Å²) in [5, 5.41) is 22.6. The van der Waals surface area contributed by atoms with Gasteiger partial charge in [-0.15, -0.1) is 0 Å². The van der Waals surface area contributed by atoms with E-state index >= 15 is 0 Å². The van der Waals surface area contributed by atoms with E-state index in [2.05, 4.69) is 9.93 Å². The maximum absolute atomic E-state index is 11.9. The van der Waals surface area contributed by atoms with Crippen LogP contribution in [0.3, 0.4) is 0 Å². The Morgan fingerprint density at radius 1 is 1.18 bits per heavy atom. The van der Waals surface area contributed by atoms with E-state index in [0.29, 0.717) is 5.56 Å². The van der Waals surface area contributed by atoms with Crippen molar-refractivity contribution >= 4 is 16.2 Å². The molecule has 2 rings (SSSR count). The van der Waals surface area contributed by atoms with Gasteiger partial charge in [0.2, 0.25) is 5.75 Å². The number of sulfonamides is 1. The average Bonchev–Trinajstić information content (AvgIpc) is 2.51. The second-order valence-corrected chi connectivity index (χ2v) is 5.92. The summed E-state index contributed by atoms with van der Waals surface area (Å²) in [7, 11) is -2.43. The van der Waals surface area contributed by atoms with Gasteiger partial charge in [-0.3, -0.25) is 0 Å². The Kier molecular flexibility index (Phi) is 4.52. The zero-order valence-corrected chi connectivity index (χ0v) is 12.4. The second-order valence-electron chi connectivity index (χ2n) is 4.26. The number of hydrogen-bond donors (Lipinski definition) is 3. The molecule has 0 radical (unpaired) electrons. The fourth-order valence-corrected chi connectivity index (χ4v) is 2.48. The Morgan fingerprint density at radius 3 is 2.50 bits per heavy atom. The molecular weight excluding hydrogens is 308 g/mol. The highest BCUT2D eigenvalue weighted by Crippen LogP contribution is 2.35. The summed E-state index contributed by atoms with van der Waals surface area (Å²) in [6.07, 6.45) is 1.18. The van der Waals surface area contributed by atoms with E-state index in [9.17, 15) is 18.6 Å². The van der Waals surface area contributed by atoms with Gasteiger partial charge in [0, 0.05) is 5.56 Å². The van der Waals surface area contributed by atoms with Crippen LogP contribution in [0.5, 0.6) is 17.2 Å². The molecule has 0 amide bonds. The van der Waals surface area contributed by atoms with Crippen molar-refractivity contribution in [3.63, 3.8) is 0 Å². The molecule has 8 heteroatoms. The van der Waals surface area contributed by atoms with Gasteiger partial charge in [-0.05, 0) is 24.3 Å². The highest BCUT2D eigenvalue weighted by Gasteiger charge is 2.12. The first-order valence-electron chi connectivity index (χ1n) is 6.14. The van der Waals surface area contributed by atoms with Crippen LogP contribution in [0.15, 0.2) is 52.5 Å². The topological polar surface area (TPSA) is 108 Å². The van der Waals surface area contributed by atoms with Crippen molar-refractivity contribution in [2.75, 3.05) is 7.11 Å². The lowest BCUT2D eigenvalue weighted by molar-refractivity contribution is 0.351. The summed E-state index contributed by atoms with van der Waals surface area (Å²) in [6.45, 7) is 0. The summed E-state index contributed by atoms with van der Waals surface area (Å²) < 4.78 is 28.7. The molecule has 0 unspecified atom stereocenters. The standard InChI is InChI=1S/C14H14N2O5S/c1-21-13-8-10(7-12(17)14(13)18)9-15-16-22(19,20)11-5-3-2-4-6-11/h2-9,16-18H,1H3/b15-9+. The molecule has 7 nitrogen and oxygen atoms in total. The first-order chi connectivity index (χ1) is 10.4. The number of phenolic OH excluding ortho intramolecular Hbond substituents is 2. The van der Waals surface area contributed by atoms with Crippen molar-refractivity contribution in [3.05, 3.63) is 48.0 Å². The minimum absolute atomic E-state index is 0.0485. The van der Waals surface area contributed by atoms with Gasteiger partial charge in [0.05, 0.1) is 18.2 Å². The minimum Gasteiger partial charge on any atom is -0.504 e. The number of benzene rings is 2. The van der Waals surface area contributed by atoms with Crippen LogP contribution in [0.25, 0.3) is 0 Å². The number of methoxy groups -OCH3 is 1. The molecule has 0 bridgehead atoms. The highest BCUT2D eigenvalue weighted by atomic mass is 32.2. The van der Waals surface area contributed by atoms with Crippen molar-refractivity contribution in [3.8, 4) is 17.2 Å². The number of phenols is 2. The normalized spacial score (nSPS) is 11.5.